The normalized spacial score (nSPS) is 10.7. The Balaban J connectivity index is 2.18. The number of nitrogens with zero attached hydrogens (tertiary/aromatic N) is 2. The second kappa shape index (κ2) is 6.95. The van der Waals surface area contributed by atoms with Gasteiger partial charge in [0.25, 0.3) is 0 Å². The molecule has 1 aromatic heterocycles. The van der Waals surface area contributed by atoms with Crippen molar-refractivity contribution in [1.82, 2.24) is 9.97 Å². The number of aromatic nitrogens is 2. The summed E-state index contributed by atoms with van der Waals surface area (Å²) >= 11 is 2.14. The first-order valence-corrected chi connectivity index (χ1v) is 5.94. The SMILES string of the molecule is CC(C)COCCOc1ncncc1I. The van der Waals surface area contributed by atoms with Gasteiger partial charge in [-0.05, 0) is 28.5 Å². The first-order chi connectivity index (χ1) is 7.20. The van der Waals surface area contributed by atoms with E-state index < -0.39 is 0 Å². The van der Waals surface area contributed by atoms with Gasteiger partial charge in [0.1, 0.15) is 12.9 Å². The molecule has 0 bridgehead atoms. The van der Waals surface area contributed by atoms with Crippen molar-refractivity contribution in [1.29, 1.82) is 0 Å². The molecule has 1 heterocycles. The number of rotatable bonds is 6. The fraction of sp³-hybridized carbons (Fsp3) is 0.600. The molecule has 0 radical (unpaired) electrons. The van der Waals surface area contributed by atoms with E-state index in [1.54, 1.807) is 6.20 Å². The van der Waals surface area contributed by atoms with Gasteiger partial charge in [0, 0.05) is 12.8 Å². The van der Waals surface area contributed by atoms with Crippen molar-refractivity contribution in [2.24, 2.45) is 5.92 Å². The van der Waals surface area contributed by atoms with Crippen molar-refractivity contribution in [2.75, 3.05) is 19.8 Å². The van der Waals surface area contributed by atoms with Crippen LogP contribution in [0.2, 0.25) is 0 Å². The van der Waals surface area contributed by atoms with Crippen molar-refractivity contribution >= 4 is 22.6 Å². The number of hydrogen-bond acceptors (Lipinski definition) is 4. The van der Waals surface area contributed by atoms with Gasteiger partial charge in [-0.1, -0.05) is 13.8 Å². The lowest BCUT2D eigenvalue weighted by atomic mass is 10.2. The molecule has 0 saturated heterocycles. The molecule has 0 amide bonds. The molecule has 4 nitrogen and oxygen atoms in total. The summed E-state index contributed by atoms with van der Waals surface area (Å²) < 4.78 is 11.7. The van der Waals surface area contributed by atoms with Gasteiger partial charge in [-0.25, -0.2) is 9.97 Å². The monoisotopic (exact) mass is 322 g/mol. The van der Waals surface area contributed by atoms with E-state index in [1.165, 1.54) is 6.33 Å². The standard InChI is InChI=1S/C10H15IN2O2/c1-8(2)6-14-3-4-15-10-9(11)5-12-7-13-10/h5,7-8H,3-4,6H2,1-2H3. The molecular formula is C10H15IN2O2. The lowest BCUT2D eigenvalue weighted by molar-refractivity contribution is 0.0803. The number of hydrogen-bond donors (Lipinski definition) is 0. The molecule has 0 N–H and O–H groups in total. The smallest absolute Gasteiger partial charge is 0.230 e. The highest BCUT2D eigenvalue weighted by Crippen LogP contribution is 2.14. The Labute approximate surface area is 104 Å². The van der Waals surface area contributed by atoms with Crippen molar-refractivity contribution in [3.8, 4) is 5.88 Å². The summed E-state index contributed by atoms with van der Waals surface area (Å²) in [5.74, 6) is 1.18. The lowest BCUT2D eigenvalue weighted by Gasteiger charge is -2.08. The summed E-state index contributed by atoms with van der Waals surface area (Å²) in [5.41, 5.74) is 0. The molecule has 0 aliphatic carbocycles. The average Bonchev–Trinajstić information content (AvgIpc) is 2.20. The molecule has 0 unspecified atom stereocenters. The Kier molecular flexibility index (Phi) is 5.85. The molecule has 0 aliphatic rings. The first-order valence-electron chi connectivity index (χ1n) is 4.86. The minimum absolute atomic E-state index is 0.528. The second-order valence-electron chi connectivity index (χ2n) is 3.49. The highest BCUT2D eigenvalue weighted by atomic mass is 127. The summed E-state index contributed by atoms with van der Waals surface area (Å²) in [6.07, 6.45) is 3.20. The molecule has 15 heavy (non-hydrogen) atoms. The van der Waals surface area contributed by atoms with Crippen LogP contribution in [-0.2, 0) is 4.74 Å². The summed E-state index contributed by atoms with van der Waals surface area (Å²) in [5, 5.41) is 0. The van der Waals surface area contributed by atoms with Crippen molar-refractivity contribution < 1.29 is 9.47 Å². The zero-order valence-corrected chi connectivity index (χ0v) is 11.1. The molecule has 0 aromatic carbocycles. The molecule has 0 spiro atoms. The predicted octanol–water partition coefficient (Wildman–Crippen LogP) is 2.13. The van der Waals surface area contributed by atoms with E-state index >= 15 is 0 Å². The number of ether oxygens (including phenoxy) is 2. The molecule has 1 rings (SSSR count). The highest BCUT2D eigenvalue weighted by molar-refractivity contribution is 14.1. The van der Waals surface area contributed by atoms with Crippen LogP contribution in [0.4, 0.5) is 0 Å². The molecule has 5 heteroatoms. The molecule has 0 saturated carbocycles. The van der Waals surface area contributed by atoms with Crippen LogP contribution < -0.4 is 4.74 Å². The van der Waals surface area contributed by atoms with E-state index in [1.807, 2.05) is 0 Å². The van der Waals surface area contributed by atoms with Gasteiger partial charge in [0.05, 0.1) is 10.2 Å². The quantitative estimate of drug-likeness (QED) is 0.594. The summed E-state index contributed by atoms with van der Waals surface area (Å²) in [6.45, 7) is 6.13. The van der Waals surface area contributed by atoms with Crippen LogP contribution >= 0.6 is 22.6 Å². The molecule has 0 atom stereocenters. The minimum Gasteiger partial charge on any atom is -0.474 e. The van der Waals surface area contributed by atoms with Crippen molar-refractivity contribution in [3.63, 3.8) is 0 Å². The van der Waals surface area contributed by atoms with Gasteiger partial charge in [0.15, 0.2) is 0 Å². The van der Waals surface area contributed by atoms with E-state index in [4.69, 9.17) is 9.47 Å². The zero-order valence-electron chi connectivity index (χ0n) is 8.94. The average molecular weight is 322 g/mol. The number of halogens is 1. The minimum atomic E-state index is 0.528. The Morgan fingerprint density at radius 3 is 2.87 bits per heavy atom. The van der Waals surface area contributed by atoms with E-state index in [0.29, 0.717) is 25.0 Å². The van der Waals surface area contributed by atoms with E-state index in [0.717, 1.165) is 10.2 Å². The van der Waals surface area contributed by atoms with Crippen LogP contribution in [-0.4, -0.2) is 29.8 Å². The van der Waals surface area contributed by atoms with Crippen LogP contribution in [0.25, 0.3) is 0 Å². The van der Waals surface area contributed by atoms with Gasteiger partial charge in [-0.15, -0.1) is 0 Å². The third-order valence-electron chi connectivity index (χ3n) is 1.55. The summed E-state index contributed by atoms with van der Waals surface area (Å²) in [7, 11) is 0. The van der Waals surface area contributed by atoms with Gasteiger partial charge in [-0.3, -0.25) is 0 Å². The lowest BCUT2D eigenvalue weighted by Crippen LogP contribution is -2.11. The maximum Gasteiger partial charge on any atom is 0.230 e. The Bertz CT molecular complexity index is 295. The Hall–Kier alpha value is -0.430. The molecular weight excluding hydrogens is 307 g/mol. The maximum absolute atomic E-state index is 5.43. The van der Waals surface area contributed by atoms with Gasteiger partial charge >= 0.3 is 0 Å². The third-order valence-corrected chi connectivity index (χ3v) is 2.29. The van der Waals surface area contributed by atoms with Gasteiger partial charge in [-0.2, -0.15) is 0 Å². The fourth-order valence-electron chi connectivity index (χ4n) is 0.924. The Morgan fingerprint density at radius 1 is 1.40 bits per heavy atom. The van der Waals surface area contributed by atoms with E-state index in [-0.39, 0.29) is 0 Å². The van der Waals surface area contributed by atoms with Crippen LogP contribution in [0.15, 0.2) is 12.5 Å². The highest BCUT2D eigenvalue weighted by Gasteiger charge is 2.01. The zero-order chi connectivity index (χ0) is 11.1. The topological polar surface area (TPSA) is 44.2 Å². The van der Waals surface area contributed by atoms with Crippen molar-refractivity contribution in [2.45, 2.75) is 13.8 Å². The van der Waals surface area contributed by atoms with Crippen LogP contribution in [0.1, 0.15) is 13.8 Å². The van der Waals surface area contributed by atoms with Crippen LogP contribution in [0, 0.1) is 9.49 Å². The van der Waals surface area contributed by atoms with Crippen LogP contribution in [0.5, 0.6) is 5.88 Å². The second-order valence-corrected chi connectivity index (χ2v) is 4.66. The molecule has 0 fully saturated rings. The molecule has 1 aromatic rings. The van der Waals surface area contributed by atoms with Crippen molar-refractivity contribution in [3.05, 3.63) is 16.1 Å². The Morgan fingerprint density at radius 2 is 2.20 bits per heavy atom. The van der Waals surface area contributed by atoms with Gasteiger partial charge < -0.3 is 9.47 Å². The predicted molar refractivity (Wildman–Crippen MR) is 65.9 cm³/mol. The summed E-state index contributed by atoms with van der Waals surface area (Å²) in [4.78, 5) is 7.90. The molecule has 84 valence electrons. The maximum atomic E-state index is 5.43. The largest absolute Gasteiger partial charge is 0.474 e. The van der Waals surface area contributed by atoms with Gasteiger partial charge in [0.2, 0.25) is 5.88 Å². The van der Waals surface area contributed by atoms with Crippen LogP contribution in [0.3, 0.4) is 0 Å². The molecule has 0 aliphatic heterocycles. The van der Waals surface area contributed by atoms with E-state index in [2.05, 4.69) is 46.4 Å². The summed E-state index contributed by atoms with van der Waals surface area (Å²) in [6, 6.07) is 0. The fourth-order valence-corrected chi connectivity index (χ4v) is 1.38. The van der Waals surface area contributed by atoms with E-state index in [9.17, 15) is 0 Å². The third kappa shape index (κ3) is 5.27. The first kappa shape index (κ1) is 12.6.